The van der Waals surface area contributed by atoms with E-state index in [0.29, 0.717) is 5.41 Å². The maximum atomic E-state index is 12.8. The van der Waals surface area contributed by atoms with Gasteiger partial charge in [0.2, 0.25) is 9.84 Å². The van der Waals surface area contributed by atoms with Gasteiger partial charge in [0, 0.05) is 11.6 Å². The lowest BCUT2D eigenvalue weighted by Gasteiger charge is -2.32. The number of sulfone groups is 1. The summed E-state index contributed by atoms with van der Waals surface area (Å²) in [6, 6.07) is 5.24. The fourth-order valence-electron chi connectivity index (χ4n) is 4.10. The molecule has 1 saturated carbocycles. The summed E-state index contributed by atoms with van der Waals surface area (Å²) in [5.41, 5.74) is 4.98. The lowest BCUT2D eigenvalue weighted by Crippen LogP contribution is -2.34. The van der Waals surface area contributed by atoms with Crippen molar-refractivity contribution in [1.82, 2.24) is 0 Å². The highest BCUT2D eigenvalue weighted by atomic mass is 79.9. The van der Waals surface area contributed by atoms with Crippen molar-refractivity contribution < 1.29 is 17.5 Å². The molecule has 8 heteroatoms. The number of alkyl halides is 3. The Morgan fingerprint density at radius 1 is 1.17 bits per heavy atom. The second-order valence-corrected chi connectivity index (χ2v) is 12.8. The second kappa shape index (κ2) is 7.69. The van der Waals surface area contributed by atoms with Gasteiger partial charge in [0.05, 0.1) is 9.72 Å². The summed E-state index contributed by atoms with van der Waals surface area (Å²) >= 11 is 11.1. The van der Waals surface area contributed by atoms with Gasteiger partial charge in [-0.25, -0.2) is 12.8 Å². The number of hydrogen-bond donors (Lipinski definition) is 0. The Bertz CT molecular complexity index is 1040. The van der Waals surface area contributed by atoms with Crippen LogP contribution in [0.1, 0.15) is 31.2 Å². The van der Waals surface area contributed by atoms with Crippen molar-refractivity contribution in [2.24, 2.45) is 5.41 Å². The Kier molecular flexibility index (Phi) is 5.82. The molecule has 0 saturated heterocycles. The molecule has 0 bridgehead atoms. The Morgan fingerprint density at radius 2 is 1.79 bits per heavy atom. The largest absolute Gasteiger partial charge is 0.362 e. The van der Waals surface area contributed by atoms with Crippen molar-refractivity contribution in [3.63, 3.8) is 0 Å². The zero-order valence-electron chi connectivity index (χ0n) is 15.7. The van der Waals surface area contributed by atoms with Gasteiger partial charge in [-0.3, -0.25) is 0 Å². The molecule has 1 aromatic rings. The number of benzene rings is 1. The predicted octanol–water partition coefficient (Wildman–Crippen LogP) is 6.43. The van der Waals surface area contributed by atoms with E-state index < -0.39 is 20.4 Å². The summed E-state index contributed by atoms with van der Waals surface area (Å²) in [5, 5.41) is 0. The van der Waals surface area contributed by atoms with Crippen molar-refractivity contribution in [3.05, 3.63) is 57.6 Å². The molecule has 0 aromatic heterocycles. The van der Waals surface area contributed by atoms with Gasteiger partial charge < -0.3 is 4.74 Å². The van der Waals surface area contributed by atoms with Crippen molar-refractivity contribution in [2.45, 2.75) is 39.9 Å². The summed E-state index contributed by atoms with van der Waals surface area (Å²) in [6.07, 6.45) is 8.49. The van der Waals surface area contributed by atoms with Crippen LogP contribution in [0.3, 0.4) is 0 Å². The van der Waals surface area contributed by atoms with Crippen LogP contribution in [0.15, 0.2) is 56.9 Å². The van der Waals surface area contributed by atoms with Crippen LogP contribution in [-0.2, 0) is 14.6 Å². The lowest BCUT2D eigenvalue weighted by atomic mass is 9.92. The van der Waals surface area contributed by atoms with Crippen LogP contribution in [-0.4, -0.2) is 30.9 Å². The minimum Gasteiger partial charge on any atom is -0.362 e. The predicted molar refractivity (Wildman–Crippen MR) is 124 cm³/mol. The van der Waals surface area contributed by atoms with E-state index in [0.717, 1.165) is 28.5 Å². The third kappa shape index (κ3) is 3.88. The van der Waals surface area contributed by atoms with Crippen LogP contribution < -0.4 is 0 Å². The molecule has 2 unspecified atom stereocenters. The summed E-state index contributed by atoms with van der Waals surface area (Å²) in [4.78, 5) is -0.0609. The Morgan fingerprint density at radius 3 is 2.34 bits per heavy atom. The topological polar surface area (TPSA) is 43.4 Å². The van der Waals surface area contributed by atoms with Gasteiger partial charge in [-0.1, -0.05) is 50.1 Å². The highest BCUT2D eigenvalue weighted by molar-refractivity contribution is 9.15. The number of rotatable bonds is 5. The quantitative estimate of drug-likeness (QED) is 0.361. The van der Waals surface area contributed by atoms with Gasteiger partial charge in [0.1, 0.15) is 0 Å². The molecule has 0 aliphatic heterocycles. The van der Waals surface area contributed by atoms with Crippen molar-refractivity contribution in [3.8, 4) is 0 Å². The summed E-state index contributed by atoms with van der Waals surface area (Å²) in [5.74, 6) is 0. The Hall–Kier alpha value is -0.280. The first-order valence-electron chi connectivity index (χ1n) is 9.23. The van der Waals surface area contributed by atoms with Crippen molar-refractivity contribution >= 4 is 63.2 Å². The molecular weight excluding hydrogens is 591 g/mol. The number of allylic oxidation sites excluding steroid dienone is 4. The monoisotopic (exact) mass is 608 g/mol. The molecule has 1 aromatic carbocycles. The molecule has 0 amide bonds. The van der Waals surface area contributed by atoms with E-state index in [9.17, 15) is 12.8 Å². The van der Waals surface area contributed by atoms with E-state index in [-0.39, 0.29) is 9.72 Å². The van der Waals surface area contributed by atoms with E-state index in [1.165, 1.54) is 36.1 Å². The van der Waals surface area contributed by atoms with Gasteiger partial charge in [0.15, 0.2) is 10.5 Å². The third-order valence-corrected chi connectivity index (χ3v) is 11.6. The molecule has 1 spiro atoms. The third-order valence-electron chi connectivity index (χ3n) is 6.07. The fourth-order valence-corrected chi connectivity index (χ4v) is 6.75. The smallest absolute Gasteiger partial charge is 0.207 e. The molecule has 4 rings (SSSR count). The first-order chi connectivity index (χ1) is 13.6. The normalized spacial score (nSPS) is 28.5. The lowest BCUT2D eigenvalue weighted by molar-refractivity contribution is 0.124. The van der Waals surface area contributed by atoms with Gasteiger partial charge >= 0.3 is 0 Å². The van der Waals surface area contributed by atoms with Gasteiger partial charge in [0.25, 0.3) is 0 Å². The first kappa shape index (κ1) is 21.9. The minimum atomic E-state index is -3.85. The summed E-state index contributed by atoms with van der Waals surface area (Å²) in [7, 11) is -2.19. The van der Waals surface area contributed by atoms with Crippen LogP contribution in [0, 0.1) is 5.41 Å². The van der Waals surface area contributed by atoms with Crippen LogP contribution >= 0.6 is 47.8 Å². The summed E-state index contributed by atoms with van der Waals surface area (Å²) in [6.45, 7) is 0. The average Bonchev–Trinajstić information content (AvgIpc) is 3.37. The van der Waals surface area contributed by atoms with E-state index >= 15 is 0 Å². The maximum Gasteiger partial charge on any atom is 0.207 e. The number of hydrogen-bond acceptors (Lipinski definition) is 3. The summed E-state index contributed by atoms with van der Waals surface area (Å²) < 4.78 is 42.4. The minimum absolute atomic E-state index is 0.0210. The average molecular weight is 611 g/mol. The van der Waals surface area contributed by atoms with Crippen LogP contribution in [0.5, 0.6) is 0 Å². The molecule has 0 heterocycles. The van der Waals surface area contributed by atoms with Crippen LogP contribution in [0.4, 0.5) is 4.39 Å². The number of methoxy groups -OCH3 is 1. The molecule has 2 atom stereocenters. The SMILES string of the molecule is COC1(Br)C=CC(C2=C(c3ccc(S(=O)(=O)CF)cc3)CC3(CC3)C2)=C(Br)C1Br. The van der Waals surface area contributed by atoms with E-state index in [1.54, 1.807) is 19.2 Å². The molecule has 3 aliphatic carbocycles. The molecular formula is C21H20Br3FO3S. The zero-order valence-corrected chi connectivity index (χ0v) is 21.3. The molecule has 1 fully saturated rings. The molecule has 29 heavy (non-hydrogen) atoms. The second-order valence-electron chi connectivity index (χ2n) is 7.92. The zero-order chi connectivity index (χ0) is 21.0. The fraction of sp³-hybridized carbons (Fsp3) is 0.429. The van der Waals surface area contributed by atoms with E-state index in [2.05, 4.69) is 53.9 Å². The molecule has 156 valence electrons. The standard InChI is InChI=1S/C21H20Br3FO3S/c1-28-21(24)7-6-15(18(22)19(21)23)17-11-20(8-9-20)10-16(17)13-2-4-14(5-3-13)29(26,27)12-25/h2-7,19H,8-12H2,1H3. The molecule has 0 radical (unpaired) electrons. The van der Waals surface area contributed by atoms with Gasteiger partial charge in [-0.2, -0.15) is 0 Å². The maximum absolute atomic E-state index is 12.8. The highest BCUT2D eigenvalue weighted by Gasteiger charge is 2.49. The number of halogens is 4. The molecule has 3 aliphatic rings. The Labute approximate surface area is 195 Å². The first-order valence-corrected chi connectivity index (χ1v) is 13.4. The van der Waals surface area contributed by atoms with Crippen LogP contribution in [0.25, 0.3) is 5.57 Å². The molecule has 0 N–H and O–H groups in total. The van der Waals surface area contributed by atoms with Crippen LogP contribution in [0.2, 0.25) is 0 Å². The molecule has 3 nitrogen and oxygen atoms in total. The van der Waals surface area contributed by atoms with E-state index in [4.69, 9.17) is 4.74 Å². The Balaban J connectivity index is 1.77. The van der Waals surface area contributed by atoms with Gasteiger partial charge in [-0.05, 0) is 87.5 Å². The van der Waals surface area contributed by atoms with Gasteiger partial charge in [-0.15, -0.1) is 0 Å². The number of ether oxygens (including phenoxy) is 1. The highest BCUT2D eigenvalue weighted by Crippen LogP contribution is 2.63. The van der Waals surface area contributed by atoms with Crippen molar-refractivity contribution in [2.75, 3.05) is 13.1 Å². The van der Waals surface area contributed by atoms with E-state index in [1.807, 2.05) is 6.08 Å². The van der Waals surface area contributed by atoms with Crippen molar-refractivity contribution in [1.29, 1.82) is 0 Å².